The van der Waals surface area contributed by atoms with E-state index in [1.54, 1.807) is 7.11 Å². The molecule has 0 aliphatic carbocycles. The van der Waals surface area contributed by atoms with Crippen molar-refractivity contribution in [2.24, 2.45) is 0 Å². The normalized spacial score (nSPS) is 14.1. The Morgan fingerprint density at radius 3 is 2.50 bits per heavy atom. The number of fused-ring (bicyclic) bond motifs is 1. The molecule has 0 saturated carbocycles. The lowest BCUT2D eigenvalue weighted by molar-refractivity contribution is 0.0962. The number of benzene rings is 2. The van der Waals surface area contributed by atoms with Gasteiger partial charge in [0.15, 0.2) is 0 Å². The first-order valence-corrected chi connectivity index (χ1v) is 11.1. The number of para-hydroxylation sites is 2. The van der Waals surface area contributed by atoms with E-state index >= 15 is 0 Å². The van der Waals surface area contributed by atoms with Crippen LogP contribution in [0.4, 0.5) is 5.69 Å². The van der Waals surface area contributed by atoms with Crippen molar-refractivity contribution in [1.29, 1.82) is 0 Å². The molecular formula is C24H29Cl2N3O2S. The lowest BCUT2D eigenvalue weighted by Gasteiger charge is -2.36. The molecule has 1 aromatic heterocycles. The van der Waals surface area contributed by atoms with Crippen molar-refractivity contribution >= 4 is 57.8 Å². The first-order chi connectivity index (χ1) is 14.7. The number of carbonyl (C=O) groups excluding carboxylic acids is 1. The van der Waals surface area contributed by atoms with E-state index in [1.165, 1.54) is 17.0 Å². The van der Waals surface area contributed by atoms with Crippen LogP contribution >= 0.6 is 36.2 Å². The minimum absolute atomic E-state index is 0. The number of thiophene rings is 1. The summed E-state index contributed by atoms with van der Waals surface area (Å²) in [6.07, 6.45) is 4.18. The molecule has 0 unspecified atom stereocenters. The minimum atomic E-state index is -0.00808. The number of halogens is 2. The van der Waals surface area contributed by atoms with E-state index in [0.29, 0.717) is 6.54 Å². The van der Waals surface area contributed by atoms with Crippen LogP contribution in [0.2, 0.25) is 0 Å². The summed E-state index contributed by atoms with van der Waals surface area (Å²) >= 11 is 1.53. The predicted molar refractivity (Wildman–Crippen MR) is 139 cm³/mol. The summed E-state index contributed by atoms with van der Waals surface area (Å²) in [6, 6.07) is 18.2. The zero-order chi connectivity index (χ0) is 20.8. The van der Waals surface area contributed by atoms with Crippen LogP contribution in [-0.2, 0) is 0 Å². The topological polar surface area (TPSA) is 44.8 Å². The molecule has 1 fully saturated rings. The highest BCUT2D eigenvalue weighted by molar-refractivity contribution is 7.20. The molecule has 3 aromatic rings. The quantitative estimate of drug-likeness (QED) is 0.477. The maximum Gasteiger partial charge on any atom is 0.261 e. The molecule has 1 amide bonds. The number of hydrogen-bond acceptors (Lipinski definition) is 5. The molecule has 1 N–H and O–H groups in total. The molecular weight excluding hydrogens is 465 g/mol. The second-order valence-corrected chi connectivity index (χ2v) is 8.37. The number of nitrogens with zero attached hydrogens (tertiary/aromatic N) is 2. The molecule has 8 heteroatoms. The van der Waals surface area contributed by atoms with Gasteiger partial charge >= 0.3 is 0 Å². The predicted octanol–water partition coefficient (Wildman–Crippen LogP) is 4.86. The first kappa shape index (κ1) is 26.0. The third-order valence-corrected chi connectivity index (χ3v) is 6.47. The van der Waals surface area contributed by atoms with Gasteiger partial charge in [0.05, 0.1) is 17.7 Å². The zero-order valence-electron chi connectivity index (χ0n) is 18.0. The fourth-order valence-corrected chi connectivity index (χ4v) is 4.68. The Morgan fingerprint density at radius 1 is 1.03 bits per heavy atom. The lowest BCUT2D eigenvalue weighted by atomic mass is 10.2. The summed E-state index contributed by atoms with van der Waals surface area (Å²) in [6.45, 7) is 5.44. The molecule has 0 spiro atoms. The average molecular weight is 494 g/mol. The standard InChI is InChI=1S/C24H27N3O2S.2ClH/c1-29-21-10-4-3-9-20(21)27-16-14-26(15-17-27)13-7-6-12-25-24(28)23-18-19-8-2-5-11-22(19)30-23;;/h2-11,18H,12-17H2,1H3,(H,25,28);2*1H/b7-6+;;. The first-order valence-electron chi connectivity index (χ1n) is 10.3. The van der Waals surface area contributed by atoms with Crippen LogP contribution in [0.1, 0.15) is 9.67 Å². The van der Waals surface area contributed by atoms with E-state index in [0.717, 1.165) is 53.4 Å². The van der Waals surface area contributed by atoms with Crippen LogP contribution in [0.15, 0.2) is 66.7 Å². The molecule has 2 aromatic carbocycles. The van der Waals surface area contributed by atoms with Crippen molar-refractivity contribution in [2.75, 3.05) is 51.3 Å². The monoisotopic (exact) mass is 493 g/mol. The van der Waals surface area contributed by atoms with Crippen LogP contribution in [0.25, 0.3) is 10.1 Å². The Kier molecular flexibility index (Phi) is 10.3. The van der Waals surface area contributed by atoms with Crippen molar-refractivity contribution in [3.63, 3.8) is 0 Å². The molecule has 0 radical (unpaired) electrons. The smallest absolute Gasteiger partial charge is 0.261 e. The number of hydrogen-bond donors (Lipinski definition) is 1. The van der Waals surface area contributed by atoms with Gasteiger partial charge in [0.2, 0.25) is 0 Å². The molecule has 1 saturated heterocycles. The minimum Gasteiger partial charge on any atom is -0.495 e. The van der Waals surface area contributed by atoms with Gasteiger partial charge in [0, 0.05) is 44.0 Å². The van der Waals surface area contributed by atoms with Gasteiger partial charge < -0.3 is 15.0 Å². The van der Waals surface area contributed by atoms with Gasteiger partial charge in [-0.3, -0.25) is 9.69 Å². The van der Waals surface area contributed by atoms with Gasteiger partial charge in [-0.05, 0) is 29.7 Å². The van der Waals surface area contributed by atoms with Crippen LogP contribution < -0.4 is 15.0 Å². The molecule has 5 nitrogen and oxygen atoms in total. The Bertz CT molecular complexity index is 1000. The molecule has 4 rings (SSSR count). The van der Waals surface area contributed by atoms with Crippen LogP contribution in [0, 0.1) is 0 Å². The average Bonchev–Trinajstić information content (AvgIpc) is 3.24. The van der Waals surface area contributed by atoms with E-state index in [1.807, 2.05) is 48.5 Å². The number of amides is 1. The fraction of sp³-hybridized carbons (Fsp3) is 0.292. The van der Waals surface area contributed by atoms with Crippen molar-refractivity contribution in [2.45, 2.75) is 0 Å². The summed E-state index contributed by atoms with van der Waals surface area (Å²) in [5.41, 5.74) is 1.17. The van der Waals surface area contributed by atoms with E-state index in [9.17, 15) is 4.79 Å². The number of piperazine rings is 1. The highest BCUT2D eigenvalue weighted by Gasteiger charge is 2.18. The SMILES string of the molecule is COc1ccccc1N1CCN(C/C=C/CNC(=O)c2cc3ccccc3s2)CC1.Cl.Cl. The Balaban J connectivity index is 0.00000181. The summed E-state index contributed by atoms with van der Waals surface area (Å²) < 4.78 is 6.63. The number of carbonyl (C=O) groups is 1. The van der Waals surface area contributed by atoms with Gasteiger partial charge in [-0.1, -0.05) is 42.5 Å². The van der Waals surface area contributed by atoms with Crippen LogP contribution in [-0.4, -0.2) is 57.2 Å². The summed E-state index contributed by atoms with van der Waals surface area (Å²) in [5.74, 6) is 0.923. The third-order valence-electron chi connectivity index (χ3n) is 5.36. The van der Waals surface area contributed by atoms with E-state index in [4.69, 9.17) is 4.74 Å². The zero-order valence-corrected chi connectivity index (χ0v) is 20.5. The third kappa shape index (κ3) is 6.39. The Labute approximate surface area is 205 Å². The van der Waals surface area contributed by atoms with Crippen LogP contribution in [0.5, 0.6) is 5.75 Å². The molecule has 0 atom stereocenters. The van der Waals surface area contributed by atoms with E-state index in [2.05, 4.69) is 33.3 Å². The molecule has 32 heavy (non-hydrogen) atoms. The van der Waals surface area contributed by atoms with Crippen molar-refractivity contribution in [3.8, 4) is 5.75 Å². The molecule has 172 valence electrons. The number of methoxy groups -OCH3 is 1. The molecule has 1 aliphatic rings. The summed E-state index contributed by atoms with van der Waals surface area (Å²) in [5, 5.41) is 4.10. The molecule has 2 heterocycles. The van der Waals surface area contributed by atoms with Gasteiger partial charge in [-0.2, -0.15) is 0 Å². The van der Waals surface area contributed by atoms with Gasteiger partial charge in [0.1, 0.15) is 5.75 Å². The Hall–Kier alpha value is -2.25. The lowest BCUT2D eigenvalue weighted by Crippen LogP contribution is -2.46. The summed E-state index contributed by atoms with van der Waals surface area (Å²) in [4.78, 5) is 17.9. The van der Waals surface area contributed by atoms with Gasteiger partial charge in [-0.25, -0.2) is 0 Å². The number of nitrogens with one attached hydrogen (secondary N) is 1. The molecule has 0 bridgehead atoms. The summed E-state index contributed by atoms with van der Waals surface area (Å²) in [7, 11) is 1.72. The van der Waals surface area contributed by atoms with E-state index < -0.39 is 0 Å². The van der Waals surface area contributed by atoms with Crippen molar-refractivity contribution in [1.82, 2.24) is 10.2 Å². The highest BCUT2D eigenvalue weighted by Crippen LogP contribution is 2.28. The Morgan fingerprint density at radius 2 is 1.75 bits per heavy atom. The van der Waals surface area contributed by atoms with Gasteiger partial charge in [0.25, 0.3) is 5.91 Å². The second kappa shape index (κ2) is 12.7. The largest absolute Gasteiger partial charge is 0.495 e. The van der Waals surface area contributed by atoms with Crippen LogP contribution in [0.3, 0.4) is 0 Å². The number of rotatable bonds is 7. The van der Waals surface area contributed by atoms with E-state index in [-0.39, 0.29) is 30.7 Å². The maximum atomic E-state index is 12.3. The number of anilines is 1. The highest BCUT2D eigenvalue weighted by atomic mass is 35.5. The fourth-order valence-electron chi connectivity index (χ4n) is 3.70. The van der Waals surface area contributed by atoms with Crippen molar-refractivity contribution < 1.29 is 9.53 Å². The number of ether oxygens (including phenoxy) is 1. The maximum absolute atomic E-state index is 12.3. The van der Waals surface area contributed by atoms with Crippen molar-refractivity contribution in [3.05, 3.63) is 71.6 Å². The molecule has 1 aliphatic heterocycles. The second-order valence-electron chi connectivity index (χ2n) is 7.29. The van der Waals surface area contributed by atoms with Gasteiger partial charge in [-0.15, -0.1) is 36.2 Å².